The minimum atomic E-state index is -0.00438. The van der Waals surface area contributed by atoms with E-state index in [1.165, 1.54) is 11.1 Å². The van der Waals surface area contributed by atoms with Crippen molar-refractivity contribution in [1.29, 1.82) is 0 Å². The highest BCUT2D eigenvalue weighted by molar-refractivity contribution is 5.86. The fourth-order valence-electron chi connectivity index (χ4n) is 3.94. The van der Waals surface area contributed by atoms with Crippen LogP contribution in [0.4, 0.5) is 0 Å². The summed E-state index contributed by atoms with van der Waals surface area (Å²) in [5, 5.41) is 0. The van der Waals surface area contributed by atoms with Crippen LogP contribution in [-0.4, -0.2) is 30.4 Å². The monoisotopic (exact) mass is 312 g/mol. The van der Waals surface area contributed by atoms with E-state index in [0.29, 0.717) is 18.4 Å². The Morgan fingerprint density at radius 3 is 2.65 bits per heavy atom. The van der Waals surface area contributed by atoms with Crippen molar-refractivity contribution in [3.63, 3.8) is 0 Å². The molecule has 2 aliphatic rings. The summed E-state index contributed by atoms with van der Waals surface area (Å²) < 4.78 is 0. The molecule has 0 aromatic heterocycles. The van der Waals surface area contributed by atoms with E-state index in [4.69, 9.17) is 5.73 Å². The lowest BCUT2D eigenvalue weighted by Crippen LogP contribution is -2.45. The fourth-order valence-corrected chi connectivity index (χ4v) is 3.94. The third kappa shape index (κ3) is 3.20. The summed E-state index contributed by atoms with van der Waals surface area (Å²) in [5.74, 6) is 0.913. The predicted molar refractivity (Wildman–Crippen MR) is 95.0 cm³/mol. The molecule has 3 rings (SSSR count). The van der Waals surface area contributed by atoms with Crippen LogP contribution in [0.15, 0.2) is 30.3 Å². The number of allylic oxidation sites excluding steroid dienone is 1. The molecule has 0 saturated carbocycles. The standard InChI is InChI=1S/C20H28N2O/c1-20(2,14-21)16-10-12-22(13-11-16)19(23)18-9-5-7-15-6-3-4-8-17(15)18/h3-8,16,18H,9-14,21H2,1-2H3. The van der Waals surface area contributed by atoms with E-state index >= 15 is 0 Å². The van der Waals surface area contributed by atoms with Gasteiger partial charge in [-0.3, -0.25) is 4.79 Å². The molecule has 3 heteroatoms. The maximum Gasteiger partial charge on any atom is 0.230 e. The molecule has 124 valence electrons. The van der Waals surface area contributed by atoms with Crippen LogP contribution in [0.2, 0.25) is 0 Å². The number of nitrogens with two attached hydrogens (primary N) is 1. The van der Waals surface area contributed by atoms with E-state index in [2.05, 4.69) is 43.0 Å². The molecule has 2 N–H and O–H groups in total. The van der Waals surface area contributed by atoms with E-state index in [0.717, 1.165) is 32.4 Å². The third-order valence-corrected chi connectivity index (χ3v) is 5.78. The average molecular weight is 312 g/mol. The van der Waals surface area contributed by atoms with Crippen LogP contribution in [0.5, 0.6) is 0 Å². The second-order valence-corrected chi connectivity index (χ2v) is 7.61. The van der Waals surface area contributed by atoms with Gasteiger partial charge >= 0.3 is 0 Å². The highest BCUT2D eigenvalue weighted by atomic mass is 16.2. The maximum atomic E-state index is 13.0. The van der Waals surface area contributed by atoms with Gasteiger partial charge in [0.05, 0.1) is 5.92 Å². The van der Waals surface area contributed by atoms with Crippen LogP contribution in [0, 0.1) is 11.3 Å². The normalized spacial score (nSPS) is 22.0. The molecule has 1 aromatic carbocycles. The Balaban J connectivity index is 1.68. The quantitative estimate of drug-likeness (QED) is 0.929. The zero-order valence-corrected chi connectivity index (χ0v) is 14.3. The van der Waals surface area contributed by atoms with Gasteiger partial charge in [-0.25, -0.2) is 0 Å². The maximum absolute atomic E-state index is 13.0. The summed E-state index contributed by atoms with van der Waals surface area (Å²) in [7, 11) is 0. The van der Waals surface area contributed by atoms with Gasteiger partial charge in [0.1, 0.15) is 0 Å². The molecule has 1 aliphatic carbocycles. The third-order valence-electron chi connectivity index (χ3n) is 5.78. The molecule has 1 amide bonds. The number of nitrogens with zero attached hydrogens (tertiary/aromatic N) is 1. The lowest BCUT2D eigenvalue weighted by Gasteiger charge is -2.41. The smallest absolute Gasteiger partial charge is 0.230 e. The number of likely N-dealkylation sites (tertiary alicyclic amines) is 1. The summed E-state index contributed by atoms with van der Waals surface area (Å²) in [6.07, 6.45) is 7.23. The van der Waals surface area contributed by atoms with Gasteiger partial charge in [0, 0.05) is 13.1 Å². The van der Waals surface area contributed by atoms with Crippen LogP contribution < -0.4 is 5.73 Å². The molecule has 1 aromatic rings. The van der Waals surface area contributed by atoms with Gasteiger partial charge in [0.25, 0.3) is 0 Å². The number of carbonyl (C=O) groups excluding carboxylic acids is 1. The first-order chi connectivity index (χ1) is 11.0. The molecule has 1 fully saturated rings. The number of hydrogen-bond donors (Lipinski definition) is 1. The number of amides is 1. The van der Waals surface area contributed by atoms with Crippen molar-refractivity contribution in [3.8, 4) is 0 Å². The molecule has 0 bridgehead atoms. The minimum Gasteiger partial charge on any atom is -0.342 e. The summed E-state index contributed by atoms with van der Waals surface area (Å²) in [4.78, 5) is 15.1. The van der Waals surface area contributed by atoms with E-state index in [9.17, 15) is 4.79 Å². The average Bonchev–Trinajstić information content (AvgIpc) is 2.60. The lowest BCUT2D eigenvalue weighted by atomic mass is 9.73. The Morgan fingerprint density at radius 2 is 1.96 bits per heavy atom. The molecule has 1 saturated heterocycles. The van der Waals surface area contributed by atoms with Gasteiger partial charge in [-0.1, -0.05) is 50.3 Å². The predicted octanol–water partition coefficient (Wildman–Crippen LogP) is 3.41. The molecule has 1 heterocycles. The van der Waals surface area contributed by atoms with Crippen LogP contribution >= 0.6 is 0 Å². The molecule has 1 aliphatic heterocycles. The van der Waals surface area contributed by atoms with E-state index in [-0.39, 0.29) is 11.3 Å². The molecule has 3 nitrogen and oxygen atoms in total. The second-order valence-electron chi connectivity index (χ2n) is 7.61. The number of rotatable bonds is 3. The Kier molecular flexibility index (Phi) is 4.58. The molecule has 1 unspecified atom stereocenters. The molecule has 0 radical (unpaired) electrons. The van der Waals surface area contributed by atoms with Gasteiger partial charge in [-0.05, 0) is 48.3 Å². The van der Waals surface area contributed by atoms with Crippen molar-refractivity contribution in [2.45, 2.75) is 39.0 Å². The van der Waals surface area contributed by atoms with Crippen LogP contribution in [0.1, 0.15) is 50.2 Å². The number of benzene rings is 1. The summed E-state index contributed by atoms with van der Waals surface area (Å²) in [6, 6.07) is 8.28. The van der Waals surface area contributed by atoms with Gasteiger partial charge < -0.3 is 10.6 Å². The Morgan fingerprint density at radius 1 is 1.26 bits per heavy atom. The molecular formula is C20H28N2O. The number of fused-ring (bicyclic) bond motifs is 1. The van der Waals surface area contributed by atoms with E-state index in [1.54, 1.807) is 0 Å². The van der Waals surface area contributed by atoms with Crippen LogP contribution in [-0.2, 0) is 4.79 Å². The Labute approximate surface area is 139 Å². The van der Waals surface area contributed by atoms with Gasteiger partial charge in [0.2, 0.25) is 5.91 Å². The van der Waals surface area contributed by atoms with Crippen molar-refractivity contribution in [1.82, 2.24) is 4.90 Å². The van der Waals surface area contributed by atoms with E-state index < -0.39 is 0 Å². The topological polar surface area (TPSA) is 46.3 Å². The first kappa shape index (κ1) is 16.3. The fraction of sp³-hybridized carbons (Fsp3) is 0.550. The Hall–Kier alpha value is -1.61. The summed E-state index contributed by atoms with van der Waals surface area (Å²) in [6.45, 7) is 6.95. The van der Waals surface area contributed by atoms with Crippen LogP contribution in [0.3, 0.4) is 0 Å². The van der Waals surface area contributed by atoms with Gasteiger partial charge in [0.15, 0.2) is 0 Å². The number of hydrogen-bond acceptors (Lipinski definition) is 2. The summed E-state index contributed by atoms with van der Waals surface area (Å²) >= 11 is 0. The van der Waals surface area contributed by atoms with Crippen molar-refractivity contribution < 1.29 is 4.79 Å². The molecule has 1 atom stereocenters. The Bertz CT molecular complexity index is 597. The highest BCUT2D eigenvalue weighted by Gasteiger charge is 2.35. The first-order valence-electron chi connectivity index (χ1n) is 8.77. The lowest BCUT2D eigenvalue weighted by molar-refractivity contribution is -0.134. The molecular weight excluding hydrogens is 284 g/mol. The van der Waals surface area contributed by atoms with Gasteiger partial charge in [-0.2, -0.15) is 0 Å². The van der Waals surface area contributed by atoms with Crippen molar-refractivity contribution in [2.75, 3.05) is 19.6 Å². The van der Waals surface area contributed by atoms with E-state index in [1.807, 2.05) is 12.1 Å². The summed E-state index contributed by atoms with van der Waals surface area (Å²) in [5.41, 5.74) is 8.46. The molecule has 0 spiro atoms. The zero-order chi connectivity index (χ0) is 16.4. The minimum absolute atomic E-state index is 0.00438. The largest absolute Gasteiger partial charge is 0.342 e. The SMILES string of the molecule is CC(C)(CN)C1CCN(C(=O)C2CC=Cc3ccccc32)CC1. The number of carbonyl (C=O) groups is 1. The first-order valence-corrected chi connectivity index (χ1v) is 8.77. The van der Waals surface area contributed by atoms with Crippen molar-refractivity contribution in [3.05, 3.63) is 41.5 Å². The molecule has 23 heavy (non-hydrogen) atoms. The zero-order valence-electron chi connectivity index (χ0n) is 14.3. The van der Waals surface area contributed by atoms with Crippen molar-refractivity contribution in [2.24, 2.45) is 17.1 Å². The van der Waals surface area contributed by atoms with Crippen molar-refractivity contribution >= 4 is 12.0 Å². The van der Waals surface area contributed by atoms with Gasteiger partial charge in [-0.15, -0.1) is 0 Å². The highest BCUT2D eigenvalue weighted by Crippen LogP contribution is 2.36. The number of piperidine rings is 1. The second kappa shape index (κ2) is 6.48. The van der Waals surface area contributed by atoms with Crippen LogP contribution in [0.25, 0.3) is 6.08 Å².